The molecule has 5 rings (SSSR count). The summed E-state index contributed by atoms with van der Waals surface area (Å²) in [6, 6.07) is 9.04. The Bertz CT molecular complexity index is 1300. The third kappa shape index (κ3) is 4.49. The number of rotatable bonds is 6. The molecule has 0 radical (unpaired) electrons. The van der Waals surface area contributed by atoms with Crippen LogP contribution in [0.5, 0.6) is 0 Å². The number of hydrogen-bond acceptors (Lipinski definition) is 7. The van der Waals surface area contributed by atoms with Gasteiger partial charge in [-0.3, -0.25) is 0 Å². The molecule has 1 fully saturated rings. The highest BCUT2D eigenvalue weighted by molar-refractivity contribution is 5.63. The van der Waals surface area contributed by atoms with E-state index >= 15 is 0 Å². The molecule has 0 spiro atoms. The molecular weight excluding hydrogens is 454 g/mol. The van der Waals surface area contributed by atoms with Crippen LogP contribution in [0.25, 0.3) is 22.7 Å². The number of nitrogens with zero attached hydrogens (tertiary/aromatic N) is 6. The second-order valence-corrected chi connectivity index (χ2v) is 7.75. The maximum Gasteiger partial charge on any atom is 0.314 e. The first-order valence-electron chi connectivity index (χ1n) is 10.5. The van der Waals surface area contributed by atoms with Gasteiger partial charge in [0.2, 0.25) is 5.89 Å². The third-order valence-corrected chi connectivity index (χ3v) is 5.51. The number of piperazine rings is 1. The summed E-state index contributed by atoms with van der Waals surface area (Å²) in [7, 11) is 0. The van der Waals surface area contributed by atoms with Gasteiger partial charge in [0, 0.05) is 48.6 Å². The Hall–Kier alpha value is -3.80. The summed E-state index contributed by atoms with van der Waals surface area (Å²) in [6.07, 6.45) is -1.38. The molecule has 12 heteroatoms. The molecule has 0 saturated carbocycles. The van der Waals surface area contributed by atoms with Gasteiger partial charge in [-0.25, -0.2) is 13.5 Å². The molecule has 0 unspecified atom stereocenters. The van der Waals surface area contributed by atoms with Crippen LogP contribution in [0.15, 0.2) is 47.0 Å². The highest BCUT2D eigenvalue weighted by atomic mass is 19.3. The van der Waals surface area contributed by atoms with Crippen molar-refractivity contribution in [1.82, 2.24) is 30.5 Å². The minimum atomic E-state index is -2.91. The van der Waals surface area contributed by atoms with Crippen LogP contribution in [0.2, 0.25) is 0 Å². The minimum Gasteiger partial charge on any atom is -0.415 e. The number of aromatic nitrogens is 5. The molecule has 2 aromatic heterocycles. The monoisotopic (exact) mass is 473 g/mol. The lowest BCUT2D eigenvalue weighted by atomic mass is 10.1. The van der Waals surface area contributed by atoms with Gasteiger partial charge in [-0.2, -0.15) is 8.78 Å². The van der Waals surface area contributed by atoms with Crippen LogP contribution in [0.4, 0.5) is 23.2 Å². The molecular formula is C22H19F4N7O. The Morgan fingerprint density at radius 2 is 1.79 bits per heavy atom. The van der Waals surface area contributed by atoms with Gasteiger partial charge in [0.25, 0.3) is 5.89 Å². The molecule has 2 aromatic carbocycles. The average Bonchev–Trinajstić information content (AvgIpc) is 3.51. The SMILES string of the molecule is Fc1cc(-c2nnc(C(F)F)o2)ccc1Cn1cc(-c2ccc(N3CCNCC3)cc2F)nn1. The molecule has 1 N–H and O–H groups in total. The quantitative estimate of drug-likeness (QED) is 0.428. The lowest BCUT2D eigenvalue weighted by Gasteiger charge is -2.29. The number of benzene rings is 2. The van der Waals surface area contributed by atoms with Crippen molar-refractivity contribution in [1.29, 1.82) is 0 Å². The van der Waals surface area contributed by atoms with E-state index in [1.165, 1.54) is 29.1 Å². The predicted molar refractivity (Wildman–Crippen MR) is 114 cm³/mol. The lowest BCUT2D eigenvalue weighted by Crippen LogP contribution is -2.43. The van der Waals surface area contributed by atoms with Crippen LogP contribution < -0.4 is 10.2 Å². The Labute approximate surface area is 191 Å². The largest absolute Gasteiger partial charge is 0.415 e. The zero-order chi connectivity index (χ0) is 23.7. The van der Waals surface area contributed by atoms with Crippen LogP contribution in [-0.4, -0.2) is 51.4 Å². The second-order valence-electron chi connectivity index (χ2n) is 7.75. The first-order valence-corrected chi connectivity index (χ1v) is 10.5. The molecule has 0 atom stereocenters. The number of halogens is 4. The van der Waals surface area contributed by atoms with Crippen LogP contribution in [0.1, 0.15) is 17.9 Å². The third-order valence-electron chi connectivity index (χ3n) is 5.51. The van der Waals surface area contributed by atoms with Crippen molar-refractivity contribution in [2.45, 2.75) is 13.0 Å². The summed E-state index contributed by atoms with van der Waals surface area (Å²) in [4.78, 5) is 2.11. The van der Waals surface area contributed by atoms with Gasteiger partial charge in [0.05, 0.1) is 12.7 Å². The smallest absolute Gasteiger partial charge is 0.314 e. The van der Waals surface area contributed by atoms with Crippen LogP contribution >= 0.6 is 0 Å². The molecule has 0 bridgehead atoms. The van der Waals surface area contributed by atoms with Gasteiger partial charge in [0.1, 0.15) is 17.3 Å². The summed E-state index contributed by atoms with van der Waals surface area (Å²) in [5.74, 6) is -2.06. The molecule has 176 valence electrons. The fourth-order valence-electron chi connectivity index (χ4n) is 3.75. The summed E-state index contributed by atoms with van der Waals surface area (Å²) in [5, 5.41) is 18.0. The molecule has 4 aromatic rings. The first-order chi connectivity index (χ1) is 16.5. The molecule has 0 amide bonds. The van der Waals surface area contributed by atoms with Gasteiger partial charge >= 0.3 is 6.43 Å². The number of alkyl halides is 2. The van der Waals surface area contributed by atoms with Crippen molar-refractivity contribution < 1.29 is 22.0 Å². The van der Waals surface area contributed by atoms with E-state index in [0.29, 0.717) is 11.3 Å². The zero-order valence-corrected chi connectivity index (χ0v) is 17.8. The van der Waals surface area contributed by atoms with E-state index in [1.54, 1.807) is 6.07 Å². The predicted octanol–water partition coefficient (Wildman–Crippen LogP) is 3.67. The van der Waals surface area contributed by atoms with Crippen LogP contribution in [-0.2, 0) is 6.54 Å². The topological polar surface area (TPSA) is 84.9 Å². The molecule has 34 heavy (non-hydrogen) atoms. The highest BCUT2D eigenvalue weighted by Crippen LogP contribution is 2.27. The molecule has 1 aliphatic rings. The Morgan fingerprint density at radius 1 is 0.971 bits per heavy atom. The molecule has 0 aliphatic carbocycles. The van der Waals surface area contributed by atoms with Crippen molar-refractivity contribution >= 4 is 5.69 Å². The Morgan fingerprint density at radius 3 is 2.50 bits per heavy atom. The van der Waals surface area contributed by atoms with Crippen molar-refractivity contribution in [3.8, 4) is 22.7 Å². The maximum absolute atomic E-state index is 14.8. The number of nitrogens with one attached hydrogen (secondary N) is 1. The van der Waals surface area contributed by atoms with E-state index in [9.17, 15) is 17.6 Å². The van der Waals surface area contributed by atoms with E-state index in [4.69, 9.17) is 4.42 Å². The molecule has 1 aliphatic heterocycles. The Balaban J connectivity index is 1.31. The minimum absolute atomic E-state index is 0.0334. The lowest BCUT2D eigenvalue weighted by molar-refractivity contribution is 0.116. The van der Waals surface area contributed by atoms with Crippen molar-refractivity contribution in [2.24, 2.45) is 0 Å². The Kier molecular flexibility index (Phi) is 5.97. The average molecular weight is 473 g/mol. The molecule has 8 nitrogen and oxygen atoms in total. The molecule has 1 saturated heterocycles. The van der Waals surface area contributed by atoms with E-state index in [2.05, 4.69) is 30.7 Å². The summed E-state index contributed by atoms with van der Waals surface area (Å²) >= 11 is 0. The maximum atomic E-state index is 14.8. The number of hydrogen-bond donors (Lipinski definition) is 1. The highest BCUT2D eigenvalue weighted by Gasteiger charge is 2.19. The van der Waals surface area contributed by atoms with Crippen molar-refractivity contribution in [3.05, 3.63) is 65.7 Å². The summed E-state index contributed by atoms with van der Waals surface area (Å²) in [6.45, 7) is 3.34. The summed E-state index contributed by atoms with van der Waals surface area (Å²) < 4.78 is 60.9. The normalized spacial score (nSPS) is 14.2. The van der Waals surface area contributed by atoms with Gasteiger partial charge in [-0.05, 0) is 30.3 Å². The van der Waals surface area contributed by atoms with Crippen molar-refractivity contribution in [2.75, 3.05) is 31.1 Å². The second kappa shape index (κ2) is 9.21. The van der Waals surface area contributed by atoms with E-state index in [-0.39, 0.29) is 23.6 Å². The van der Waals surface area contributed by atoms with Gasteiger partial charge in [-0.1, -0.05) is 11.3 Å². The van der Waals surface area contributed by atoms with Crippen LogP contribution in [0, 0.1) is 11.6 Å². The van der Waals surface area contributed by atoms with Gasteiger partial charge in [0.15, 0.2) is 0 Å². The molecule has 3 heterocycles. The van der Waals surface area contributed by atoms with Gasteiger partial charge < -0.3 is 14.6 Å². The van der Waals surface area contributed by atoms with Crippen LogP contribution in [0.3, 0.4) is 0 Å². The van der Waals surface area contributed by atoms with Crippen molar-refractivity contribution in [3.63, 3.8) is 0 Å². The fraction of sp³-hybridized carbons (Fsp3) is 0.273. The van der Waals surface area contributed by atoms with E-state index in [1.807, 2.05) is 6.07 Å². The van der Waals surface area contributed by atoms with Gasteiger partial charge in [-0.15, -0.1) is 15.3 Å². The fourth-order valence-corrected chi connectivity index (χ4v) is 3.75. The number of anilines is 1. The van der Waals surface area contributed by atoms with E-state index < -0.39 is 24.0 Å². The van der Waals surface area contributed by atoms with E-state index in [0.717, 1.165) is 37.9 Å². The first kappa shape index (κ1) is 22.0. The summed E-state index contributed by atoms with van der Waals surface area (Å²) in [5.41, 5.74) is 1.87. The standard InChI is InChI=1S/C22H19F4N7O/c23-17-9-13(21-29-30-22(34-21)20(25)26)1-2-14(17)11-33-12-19(28-31-33)16-4-3-15(10-18(16)24)32-7-5-27-6-8-32/h1-4,9-10,12,20,27H,5-8,11H2. The zero-order valence-electron chi connectivity index (χ0n) is 17.8.